The molecule has 0 saturated carbocycles. The van der Waals surface area contributed by atoms with Gasteiger partial charge in [0.25, 0.3) is 9.48 Å². The molecule has 2 nitrogen and oxygen atoms in total. The van der Waals surface area contributed by atoms with Gasteiger partial charge in [-0.25, -0.2) is 0 Å². The highest BCUT2D eigenvalue weighted by Crippen LogP contribution is 2.42. The summed E-state index contributed by atoms with van der Waals surface area (Å²) < 4.78 is 1.09. The lowest BCUT2D eigenvalue weighted by atomic mass is 10.8. The largest absolute Gasteiger partial charge is 0.275 e. The van der Waals surface area contributed by atoms with E-state index >= 15 is 0 Å². The molecule has 0 saturated heterocycles. The third kappa shape index (κ3) is 2.49. The van der Waals surface area contributed by atoms with Gasteiger partial charge >= 0.3 is 0 Å². The van der Waals surface area contributed by atoms with Crippen molar-refractivity contribution in [2.24, 2.45) is 0 Å². The van der Waals surface area contributed by atoms with Crippen LogP contribution < -0.4 is 9.48 Å². The van der Waals surface area contributed by atoms with Crippen molar-refractivity contribution in [2.75, 3.05) is 0 Å². The Hall–Kier alpha value is 0.630. The van der Waals surface area contributed by atoms with Crippen LogP contribution in [0.25, 0.3) is 0 Å². The Morgan fingerprint density at radius 1 is 0.800 bits per heavy atom. The lowest BCUT2D eigenvalue weighted by Gasteiger charge is -1.92. The van der Waals surface area contributed by atoms with Crippen LogP contribution in [0.4, 0.5) is 0 Å². The molecule has 2 aromatic heterocycles. The summed E-state index contributed by atoms with van der Waals surface area (Å²) in [5.74, 6) is 0. The lowest BCUT2D eigenvalue weighted by Crippen LogP contribution is -1.88. The molecule has 0 unspecified atom stereocenters. The van der Waals surface area contributed by atoms with Crippen molar-refractivity contribution in [3.63, 3.8) is 0 Å². The van der Waals surface area contributed by atoms with Crippen LogP contribution in [-0.4, -0.2) is 0 Å². The van der Waals surface area contributed by atoms with Gasteiger partial charge in [-0.3, -0.25) is 9.59 Å². The average Bonchev–Trinajstić information content (AvgIpc) is 2.68. The third-order valence-corrected chi connectivity index (χ3v) is 9.09. The molecule has 0 aliphatic rings. The van der Waals surface area contributed by atoms with E-state index in [2.05, 4.69) is 0 Å². The molecule has 0 radical (unpaired) electrons. The maximum absolute atomic E-state index is 11.1. The molecule has 80 valence electrons. The molecule has 9 heteroatoms. The molecule has 2 rings (SSSR count). The van der Waals surface area contributed by atoms with Gasteiger partial charge in [-0.2, -0.15) is 0 Å². The first-order chi connectivity index (χ1) is 7.09. The molecule has 0 bridgehead atoms. The molecule has 0 amide bonds. The summed E-state index contributed by atoms with van der Waals surface area (Å²) >= 11 is 12.9. The van der Waals surface area contributed by atoms with E-state index in [4.69, 9.17) is 23.2 Å². The number of rotatable bonds is 2. The molecular weight excluding hydrogens is 335 g/mol. The van der Waals surface area contributed by atoms with E-state index in [1.165, 1.54) is 32.4 Å². The molecule has 0 aliphatic carbocycles. The SMILES string of the molecule is O=c1ssc(Sc2ssc(=O)c2Cl)c1Cl. The molecule has 2 heterocycles. The summed E-state index contributed by atoms with van der Waals surface area (Å²) in [5.41, 5.74) is 0. The van der Waals surface area contributed by atoms with E-state index in [1.807, 2.05) is 0 Å². The van der Waals surface area contributed by atoms with Gasteiger partial charge in [-0.05, 0) is 20.7 Å². The first-order valence-electron chi connectivity index (χ1n) is 3.34. The second-order valence-electron chi connectivity index (χ2n) is 2.21. The van der Waals surface area contributed by atoms with Crippen molar-refractivity contribution >= 4 is 76.3 Å². The zero-order valence-electron chi connectivity index (χ0n) is 6.61. The van der Waals surface area contributed by atoms with Gasteiger partial charge in [0.15, 0.2) is 0 Å². The van der Waals surface area contributed by atoms with Crippen LogP contribution in [0.1, 0.15) is 0 Å². The van der Waals surface area contributed by atoms with E-state index in [-0.39, 0.29) is 19.5 Å². The van der Waals surface area contributed by atoms with Crippen molar-refractivity contribution < 1.29 is 0 Å². The minimum absolute atomic E-state index is 0.150. The van der Waals surface area contributed by atoms with Crippen LogP contribution in [0.5, 0.6) is 0 Å². The zero-order chi connectivity index (χ0) is 11.0. The second-order valence-corrected chi connectivity index (χ2v) is 8.73. The van der Waals surface area contributed by atoms with E-state index in [9.17, 15) is 9.59 Å². The first-order valence-corrected chi connectivity index (χ1v) is 9.22. The van der Waals surface area contributed by atoms with E-state index in [0.29, 0.717) is 8.42 Å². The fourth-order valence-electron chi connectivity index (χ4n) is 0.672. The molecular formula is C6Cl2O2S5. The fourth-order valence-corrected chi connectivity index (χ4v) is 7.76. The molecule has 0 fully saturated rings. The topological polar surface area (TPSA) is 34.1 Å². The van der Waals surface area contributed by atoms with Crippen molar-refractivity contribution in [1.82, 2.24) is 0 Å². The smallest absolute Gasteiger partial charge is 0.262 e. The molecule has 0 aromatic carbocycles. The predicted octanol–water partition coefficient (Wildman–Crippen LogP) is 4.11. The van der Waals surface area contributed by atoms with Crippen LogP contribution in [0.2, 0.25) is 10.0 Å². The Labute approximate surface area is 113 Å². The maximum Gasteiger partial charge on any atom is 0.262 e. The Bertz CT molecular complexity index is 539. The van der Waals surface area contributed by atoms with Crippen LogP contribution >= 0.6 is 76.3 Å². The number of hydrogen-bond acceptors (Lipinski definition) is 7. The minimum atomic E-state index is -0.150. The van der Waals surface area contributed by atoms with Crippen LogP contribution in [0, 0.1) is 0 Å². The average molecular weight is 335 g/mol. The molecule has 15 heavy (non-hydrogen) atoms. The highest BCUT2D eigenvalue weighted by atomic mass is 35.5. The van der Waals surface area contributed by atoms with Gasteiger partial charge < -0.3 is 0 Å². The zero-order valence-corrected chi connectivity index (χ0v) is 12.2. The summed E-state index contributed by atoms with van der Waals surface area (Å²) in [5, 5.41) is 0.439. The van der Waals surface area contributed by atoms with Gasteiger partial charge in [-0.1, -0.05) is 55.6 Å². The Kier molecular flexibility index (Phi) is 3.93. The summed E-state index contributed by atoms with van der Waals surface area (Å²) in [6.07, 6.45) is 0. The summed E-state index contributed by atoms with van der Waals surface area (Å²) in [6.45, 7) is 0. The summed E-state index contributed by atoms with van der Waals surface area (Å²) in [4.78, 5) is 22.2. The number of hydrogen-bond donors (Lipinski definition) is 0. The first kappa shape index (κ1) is 12.1. The van der Waals surface area contributed by atoms with Gasteiger partial charge in [0, 0.05) is 0 Å². The maximum atomic E-state index is 11.1. The molecule has 0 N–H and O–H groups in total. The molecule has 2 aromatic rings. The lowest BCUT2D eigenvalue weighted by molar-refractivity contribution is 1.61. The third-order valence-electron chi connectivity index (χ3n) is 1.29. The van der Waals surface area contributed by atoms with Crippen LogP contribution in [0.3, 0.4) is 0 Å². The summed E-state index contributed by atoms with van der Waals surface area (Å²) in [6, 6.07) is 0. The Morgan fingerprint density at radius 3 is 1.47 bits per heavy atom. The van der Waals surface area contributed by atoms with Gasteiger partial charge in [0.2, 0.25) is 0 Å². The van der Waals surface area contributed by atoms with Crippen molar-refractivity contribution in [3.8, 4) is 0 Å². The number of halogens is 2. The van der Waals surface area contributed by atoms with E-state index in [0.717, 1.165) is 20.7 Å². The predicted molar refractivity (Wildman–Crippen MR) is 71.1 cm³/mol. The van der Waals surface area contributed by atoms with Crippen molar-refractivity contribution in [1.29, 1.82) is 0 Å². The second kappa shape index (κ2) is 4.87. The monoisotopic (exact) mass is 334 g/mol. The minimum Gasteiger partial charge on any atom is -0.275 e. The highest BCUT2D eigenvalue weighted by molar-refractivity contribution is 8.05. The van der Waals surface area contributed by atoms with E-state index < -0.39 is 0 Å². The molecule has 0 spiro atoms. The van der Waals surface area contributed by atoms with Crippen molar-refractivity contribution in [2.45, 2.75) is 8.42 Å². The van der Waals surface area contributed by atoms with Gasteiger partial charge in [0.1, 0.15) is 10.0 Å². The van der Waals surface area contributed by atoms with Gasteiger partial charge in [0.05, 0.1) is 8.42 Å². The molecule has 0 atom stereocenters. The summed E-state index contributed by atoms with van der Waals surface area (Å²) in [7, 11) is 4.77. The Balaban J connectivity index is 2.38. The standard InChI is InChI=1S/C6Cl2O2S5/c7-1-3(9)12-14-5(1)11-6-2(8)4(10)13-15-6. The highest BCUT2D eigenvalue weighted by Gasteiger charge is 2.15. The quantitative estimate of drug-likeness (QED) is 0.775. The molecule has 0 aliphatic heterocycles. The fraction of sp³-hybridized carbons (Fsp3) is 0. The normalized spacial score (nSPS) is 10.8. The van der Waals surface area contributed by atoms with Gasteiger partial charge in [-0.15, -0.1) is 0 Å². The van der Waals surface area contributed by atoms with Crippen molar-refractivity contribution in [3.05, 3.63) is 29.1 Å². The van der Waals surface area contributed by atoms with Crippen LogP contribution in [-0.2, 0) is 0 Å². The van der Waals surface area contributed by atoms with E-state index in [1.54, 1.807) is 0 Å². The van der Waals surface area contributed by atoms with Crippen LogP contribution in [0.15, 0.2) is 18.0 Å². The Morgan fingerprint density at radius 2 is 1.20 bits per heavy atom.